The Morgan fingerprint density at radius 1 is 1.18 bits per heavy atom. The van der Waals surface area contributed by atoms with Crippen molar-refractivity contribution in [2.24, 2.45) is 4.99 Å². The van der Waals surface area contributed by atoms with E-state index >= 15 is 0 Å². The molecule has 3 rings (SSSR count). The topological polar surface area (TPSA) is 90.9 Å². The van der Waals surface area contributed by atoms with E-state index in [-0.39, 0.29) is 52.1 Å². The van der Waals surface area contributed by atoms with Gasteiger partial charge in [-0.2, -0.15) is 0 Å². The summed E-state index contributed by atoms with van der Waals surface area (Å²) in [5.41, 5.74) is 2.20. The van der Waals surface area contributed by atoms with E-state index in [1.54, 1.807) is 11.9 Å². The number of hydrogen-bond acceptors (Lipinski definition) is 6. The van der Waals surface area contributed by atoms with Crippen molar-refractivity contribution in [3.63, 3.8) is 0 Å². The van der Waals surface area contributed by atoms with Crippen LogP contribution in [0, 0.1) is 0 Å². The van der Waals surface area contributed by atoms with Gasteiger partial charge in [0.05, 0.1) is 21.5 Å². The molecule has 7 nitrogen and oxygen atoms in total. The van der Waals surface area contributed by atoms with Crippen molar-refractivity contribution in [2.45, 2.75) is 17.7 Å². The standard InChI is InChI=1S/C22H26Cl2N4O3S.ClH/c1-28(14-10-16-5-7-17(8-6-16)22-26-12-13-27-22)20(29)9-11-25-15-32(30,31)19-4-2-3-18(23)21(19)24;/h2-8,25H,9-15H2,1H3,(H,26,27);1H. The zero-order chi connectivity index (χ0) is 23.1. The van der Waals surface area contributed by atoms with Crippen LogP contribution in [0.15, 0.2) is 52.4 Å². The first kappa shape index (κ1) is 27.4. The van der Waals surface area contributed by atoms with Gasteiger partial charge in [-0.1, -0.05) is 53.5 Å². The Kier molecular flexibility index (Phi) is 10.4. The van der Waals surface area contributed by atoms with Crippen molar-refractivity contribution in [3.05, 3.63) is 63.6 Å². The van der Waals surface area contributed by atoms with Gasteiger partial charge in [-0.3, -0.25) is 9.79 Å². The van der Waals surface area contributed by atoms with Gasteiger partial charge >= 0.3 is 0 Å². The number of nitrogens with zero attached hydrogens (tertiary/aromatic N) is 2. The lowest BCUT2D eigenvalue weighted by molar-refractivity contribution is -0.129. The van der Waals surface area contributed by atoms with Gasteiger partial charge in [0.1, 0.15) is 11.7 Å². The van der Waals surface area contributed by atoms with Gasteiger partial charge in [-0.05, 0) is 24.1 Å². The molecule has 0 aromatic heterocycles. The Morgan fingerprint density at radius 3 is 2.58 bits per heavy atom. The minimum Gasteiger partial charge on any atom is -0.368 e. The van der Waals surface area contributed by atoms with E-state index in [4.69, 9.17) is 23.2 Å². The molecule has 11 heteroatoms. The van der Waals surface area contributed by atoms with E-state index in [9.17, 15) is 13.2 Å². The van der Waals surface area contributed by atoms with E-state index in [0.29, 0.717) is 6.54 Å². The number of benzene rings is 2. The average Bonchev–Trinajstić information content (AvgIpc) is 3.32. The van der Waals surface area contributed by atoms with Crippen LogP contribution in [0.2, 0.25) is 10.0 Å². The molecule has 1 amide bonds. The minimum absolute atomic E-state index is 0. The molecule has 0 spiro atoms. The number of sulfone groups is 1. The van der Waals surface area contributed by atoms with Gasteiger partial charge < -0.3 is 15.5 Å². The first-order chi connectivity index (χ1) is 15.3. The van der Waals surface area contributed by atoms with Crippen LogP contribution in [0.4, 0.5) is 0 Å². The number of amidine groups is 1. The number of hydrogen-bond donors (Lipinski definition) is 2. The van der Waals surface area contributed by atoms with Gasteiger partial charge in [-0.25, -0.2) is 8.42 Å². The van der Waals surface area contributed by atoms with Crippen LogP contribution in [0.3, 0.4) is 0 Å². The highest BCUT2D eigenvalue weighted by Crippen LogP contribution is 2.29. The molecule has 0 saturated heterocycles. The predicted octanol–water partition coefficient (Wildman–Crippen LogP) is 3.18. The van der Waals surface area contributed by atoms with Crippen molar-refractivity contribution in [1.29, 1.82) is 0 Å². The quantitative estimate of drug-likeness (QED) is 0.458. The van der Waals surface area contributed by atoms with Gasteiger partial charge in [-0.15, -0.1) is 12.4 Å². The van der Waals surface area contributed by atoms with Crippen LogP contribution in [-0.4, -0.2) is 64.2 Å². The number of nitrogens with one attached hydrogen (secondary N) is 2. The Bertz CT molecular complexity index is 1090. The van der Waals surface area contributed by atoms with E-state index in [0.717, 1.165) is 36.5 Å². The van der Waals surface area contributed by atoms with Gasteiger partial charge in [0.15, 0.2) is 9.84 Å². The fraction of sp³-hybridized carbons (Fsp3) is 0.364. The summed E-state index contributed by atoms with van der Waals surface area (Å²) in [4.78, 5) is 18.4. The third-order valence-corrected chi connectivity index (χ3v) is 7.65. The largest absolute Gasteiger partial charge is 0.368 e. The monoisotopic (exact) mass is 532 g/mol. The summed E-state index contributed by atoms with van der Waals surface area (Å²) in [5.74, 6) is 0.545. The Labute approximate surface area is 210 Å². The number of rotatable bonds is 10. The molecule has 0 radical (unpaired) electrons. The molecule has 0 atom stereocenters. The van der Waals surface area contributed by atoms with E-state index in [1.807, 2.05) is 24.3 Å². The molecule has 1 aliphatic rings. The third kappa shape index (κ3) is 7.58. The van der Waals surface area contributed by atoms with Crippen LogP contribution in [0.25, 0.3) is 0 Å². The normalized spacial score (nSPS) is 13.1. The molecule has 0 unspecified atom stereocenters. The number of amides is 1. The van der Waals surface area contributed by atoms with E-state index in [2.05, 4.69) is 15.6 Å². The first-order valence-corrected chi connectivity index (χ1v) is 12.7. The maximum absolute atomic E-state index is 12.4. The molecule has 180 valence electrons. The second kappa shape index (κ2) is 12.6. The fourth-order valence-electron chi connectivity index (χ4n) is 3.24. The van der Waals surface area contributed by atoms with Crippen molar-refractivity contribution < 1.29 is 13.2 Å². The lowest BCUT2D eigenvalue weighted by Crippen LogP contribution is -2.33. The van der Waals surface area contributed by atoms with Crippen LogP contribution < -0.4 is 10.6 Å². The molecular weight excluding hydrogens is 507 g/mol. The van der Waals surface area contributed by atoms with Gasteiger partial charge in [0.25, 0.3) is 0 Å². The zero-order valence-corrected chi connectivity index (χ0v) is 21.3. The molecule has 0 bridgehead atoms. The number of halogens is 3. The molecule has 0 fully saturated rings. The maximum Gasteiger partial charge on any atom is 0.223 e. The number of carbonyl (C=O) groups is 1. The summed E-state index contributed by atoms with van der Waals surface area (Å²) < 4.78 is 24.9. The smallest absolute Gasteiger partial charge is 0.223 e. The van der Waals surface area contributed by atoms with Crippen LogP contribution in [0.5, 0.6) is 0 Å². The second-order valence-electron chi connectivity index (χ2n) is 7.48. The van der Waals surface area contributed by atoms with Crippen LogP contribution in [0.1, 0.15) is 17.5 Å². The first-order valence-electron chi connectivity index (χ1n) is 10.3. The summed E-state index contributed by atoms with van der Waals surface area (Å²) in [5, 5.41) is 6.25. The van der Waals surface area contributed by atoms with Crippen molar-refractivity contribution in [1.82, 2.24) is 15.5 Å². The maximum atomic E-state index is 12.4. The summed E-state index contributed by atoms with van der Waals surface area (Å²) >= 11 is 11.9. The lowest BCUT2D eigenvalue weighted by atomic mass is 10.1. The van der Waals surface area contributed by atoms with Crippen molar-refractivity contribution in [3.8, 4) is 0 Å². The van der Waals surface area contributed by atoms with E-state index < -0.39 is 9.84 Å². The highest BCUT2D eigenvalue weighted by molar-refractivity contribution is 7.91. The Hall–Kier alpha value is -1.84. The highest BCUT2D eigenvalue weighted by Gasteiger charge is 2.19. The van der Waals surface area contributed by atoms with Crippen molar-refractivity contribution in [2.75, 3.05) is 39.1 Å². The summed E-state index contributed by atoms with van der Waals surface area (Å²) in [6, 6.07) is 12.6. The molecule has 33 heavy (non-hydrogen) atoms. The summed E-state index contributed by atoms with van der Waals surface area (Å²) in [6.45, 7) is 2.50. The summed E-state index contributed by atoms with van der Waals surface area (Å²) in [7, 11) is -1.91. The minimum atomic E-state index is -3.65. The molecule has 0 saturated carbocycles. The molecule has 1 heterocycles. The van der Waals surface area contributed by atoms with Crippen LogP contribution in [-0.2, 0) is 21.1 Å². The molecule has 2 aromatic carbocycles. The average molecular weight is 534 g/mol. The molecule has 0 aliphatic carbocycles. The predicted molar refractivity (Wildman–Crippen MR) is 136 cm³/mol. The number of likely N-dealkylation sites (N-methyl/N-ethyl adjacent to an activating group) is 1. The molecule has 2 aromatic rings. The third-order valence-electron chi connectivity index (χ3n) is 5.12. The molecule has 1 aliphatic heterocycles. The molecule has 2 N–H and O–H groups in total. The molecular formula is C22H27Cl3N4O3S. The lowest BCUT2D eigenvalue weighted by Gasteiger charge is -2.17. The second-order valence-corrected chi connectivity index (χ2v) is 10.2. The fourth-order valence-corrected chi connectivity index (χ4v) is 5.18. The Balaban J connectivity index is 0.00000385. The Morgan fingerprint density at radius 2 is 1.91 bits per heavy atom. The highest BCUT2D eigenvalue weighted by atomic mass is 35.5. The SMILES string of the molecule is CN(CCc1ccc(C2=NCCN2)cc1)C(=O)CCNCS(=O)(=O)c1cccc(Cl)c1Cl.Cl. The summed E-state index contributed by atoms with van der Waals surface area (Å²) in [6.07, 6.45) is 0.928. The van der Waals surface area contributed by atoms with Gasteiger partial charge in [0.2, 0.25) is 5.91 Å². The van der Waals surface area contributed by atoms with E-state index in [1.165, 1.54) is 18.2 Å². The van der Waals surface area contributed by atoms with Crippen molar-refractivity contribution >= 4 is 57.2 Å². The number of carbonyl (C=O) groups excluding carboxylic acids is 1. The number of aliphatic imine (C=N–C) groups is 1. The van der Waals surface area contributed by atoms with Crippen LogP contribution >= 0.6 is 35.6 Å². The zero-order valence-electron chi connectivity index (χ0n) is 18.2. The van der Waals surface area contributed by atoms with Gasteiger partial charge in [0, 0.05) is 38.7 Å².